The number of unbranched alkanes of at least 4 members (excludes halogenated alkanes) is 1. The molecule has 16 heavy (non-hydrogen) atoms. The first-order chi connectivity index (χ1) is 7.51. The molecule has 0 spiro atoms. The summed E-state index contributed by atoms with van der Waals surface area (Å²) in [6, 6.07) is -1.75. The van der Waals surface area contributed by atoms with E-state index in [0.29, 0.717) is 6.42 Å². The Morgan fingerprint density at radius 1 is 1.31 bits per heavy atom. The lowest BCUT2D eigenvalue weighted by Gasteiger charge is -2.13. The minimum Gasteiger partial charge on any atom is -0.480 e. The second kappa shape index (κ2) is 7.67. The molecule has 2 amide bonds. The van der Waals surface area contributed by atoms with Gasteiger partial charge in [-0.2, -0.15) is 0 Å². The van der Waals surface area contributed by atoms with Gasteiger partial charge in [-0.25, -0.2) is 9.59 Å². The van der Waals surface area contributed by atoms with Crippen molar-refractivity contribution in [3.63, 3.8) is 0 Å². The van der Waals surface area contributed by atoms with Gasteiger partial charge in [0.05, 0.1) is 0 Å². The third-order valence-electron chi connectivity index (χ3n) is 2.07. The Morgan fingerprint density at radius 2 is 1.94 bits per heavy atom. The average Bonchev–Trinajstić information content (AvgIpc) is 2.24. The van der Waals surface area contributed by atoms with Crippen LogP contribution < -0.4 is 10.6 Å². The van der Waals surface area contributed by atoms with E-state index in [9.17, 15) is 14.4 Å². The molecule has 92 valence electrons. The van der Waals surface area contributed by atoms with Gasteiger partial charge in [-0.15, -0.1) is 0 Å². The van der Waals surface area contributed by atoms with Crippen molar-refractivity contribution in [2.75, 3.05) is 7.05 Å². The number of amides is 2. The van der Waals surface area contributed by atoms with E-state index in [1.807, 2.05) is 6.92 Å². The maximum absolute atomic E-state index is 11.4. The summed E-state index contributed by atoms with van der Waals surface area (Å²) in [5.41, 5.74) is 0. The summed E-state index contributed by atoms with van der Waals surface area (Å²) >= 11 is 0. The van der Waals surface area contributed by atoms with E-state index in [2.05, 4.69) is 10.6 Å². The molecule has 0 aromatic heterocycles. The summed E-state index contributed by atoms with van der Waals surface area (Å²) in [6.07, 6.45) is 1.82. The van der Waals surface area contributed by atoms with Gasteiger partial charge in [0.1, 0.15) is 11.8 Å². The molecule has 0 rings (SSSR count). The van der Waals surface area contributed by atoms with Gasteiger partial charge >= 0.3 is 12.0 Å². The highest BCUT2D eigenvalue weighted by atomic mass is 16.4. The van der Waals surface area contributed by atoms with Gasteiger partial charge in [0.15, 0.2) is 0 Å². The van der Waals surface area contributed by atoms with Gasteiger partial charge in [0, 0.05) is 19.9 Å². The Balaban J connectivity index is 4.17. The fraction of sp³-hybridized carbons (Fsp3) is 0.700. The summed E-state index contributed by atoms with van der Waals surface area (Å²) in [4.78, 5) is 33.0. The SMILES string of the molecule is CCCCC(=O)C[C@@H](NC(=O)NC)C(=O)O. The number of carboxylic acids is 1. The summed E-state index contributed by atoms with van der Waals surface area (Å²) in [6.45, 7) is 1.95. The zero-order chi connectivity index (χ0) is 12.6. The Hall–Kier alpha value is -1.59. The molecule has 0 aliphatic rings. The standard InChI is InChI=1S/C10H18N2O4/c1-3-4-5-7(13)6-8(9(14)15)12-10(16)11-2/h8H,3-6H2,1-2H3,(H,14,15)(H2,11,12,16)/t8-/m1/s1. The van der Waals surface area contributed by atoms with Crippen LogP contribution in [0.2, 0.25) is 0 Å². The second-order valence-electron chi connectivity index (χ2n) is 3.46. The molecule has 0 aliphatic carbocycles. The Morgan fingerprint density at radius 3 is 2.38 bits per heavy atom. The third-order valence-corrected chi connectivity index (χ3v) is 2.07. The quantitative estimate of drug-likeness (QED) is 0.594. The van der Waals surface area contributed by atoms with Crippen LogP contribution in [-0.4, -0.2) is 36.0 Å². The van der Waals surface area contributed by atoms with Crippen molar-refractivity contribution in [3.05, 3.63) is 0 Å². The summed E-state index contributed by atoms with van der Waals surface area (Å²) in [5.74, 6) is -1.35. The molecule has 0 saturated carbocycles. The van der Waals surface area contributed by atoms with E-state index in [1.165, 1.54) is 7.05 Å². The third kappa shape index (κ3) is 6.00. The predicted molar refractivity (Wildman–Crippen MR) is 58.2 cm³/mol. The Bertz CT molecular complexity index is 266. The van der Waals surface area contributed by atoms with Crippen molar-refractivity contribution in [1.29, 1.82) is 0 Å². The van der Waals surface area contributed by atoms with Gasteiger partial charge in [0.2, 0.25) is 0 Å². The Labute approximate surface area is 94.4 Å². The molecule has 1 atom stereocenters. The average molecular weight is 230 g/mol. The Kier molecular flexibility index (Phi) is 6.91. The first-order valence-corrected chi connectivity index (χ1v) is 5.24. The number of nitrogens with one attached hydrogen (secondary N) is 2. The van der Waals surface area contributed by atoms with Crippen LogP contribution in [0.3, 0.4) is 0 Å². The van der Waals surface area contributed by atoms with E-state index in [0.717, 1.165) is 12.8 Å². The fourth-order valence-electron chi connectivity index (χ4n) is 1.13. The maximum Gasteiger partial charge on any atom is 0.326 e. The monoisotopic (exact) mass is 230 g/mol. The van der Waals surface area contributed by atoms with Crippen molar-refractivity contribution in [2.24, 2.45) is 0 Å². The number of carbonyl (C=O) groups excluding carboxylic acids is 2. The van der Waals surface area contributed by atoms with Crippen molar-refractivity contribution in [3.8, 4) is 0 Å². The zero-order valence-corrected chi connectivity index (χ0v) is 9.58. The molecule has 6 nitrogen and oxygen atoms in total. The van der Waals surface area contributed by atoms with Gasteiger partial charge in [-0.1, -0.05) is 13.3 Å². The van der Waals surface area contributed by atoms with Crippen molar-refractivity contribution < 1.29 is 19.5 Å². The molecule has 0 saturated heterocycles. The number of carbonyl (C=O) groups is 3. The molecule has 3 N–H and O–H groups in total. The van der Waals surface area contributed by atoms with Crippen LogP contribution in [0.1, 0.15) is 32.6 Å². The molecule has 6 heteroatoms. The smallest absolute Gasteiger partial charge is 0.326 e. The number of aliphatic carboxylic acids is 1. The molecule has 0 heterocycles. The first kappa shape index (κ1) is 14.4. The van der Waals surface area contributed by atoms with Crippen LogP contribution >= 0.6 is 0 Å². The van der Waals surface area contributed by atoms with E-state index in [4.69, 9.17) is 5.11 Å². The number of urea groups is 1. The molecule has 0 aromatic rings. The number of ketones is 1. The van der Waals surface area contributed by atoms with E-state index < -0.39 is 18.0 Å². The topological polar surface area (TPSA) is 95.5 Å². The second-order valence-corrected chi connectivity index (χ2v) is 3.46. The van der Waals surface area contributed by atoms with E-state index in [1.54, 1.807) is 0 Å². The van der Waals surface area contributed by atoms with Crippen LogP contribution in [0.15, 0.2) is 0 Å². The largest absolute Gasteiger partial charge is 0.480 e. The number of rotatable bonds is 7. The van der Waals surface area contributed by atoms with Gasteiger partial charge in [0.25, 0.3) is 0 Å². The molecule has 0 radical (unpaired) electrons. The molecule has 0 unspecified atom stereocenters. The normalized spacial score (nSPS) is 11.6. The number of hydrogen-bond donors (Lipinski definition) is 3. The van der Waals surface area contributed by atoms with Crippen LogP contribution in [-0.2, 0) is 9.59 Å². The van der Waals surface area contributed by atoms with Crippen LogP contribution in [0.25, 0.3) is 0 Å². The van der Waals surface area contributed by atoms with Crippen LogP contribution in [0.4, 0.5) is 4.79 Å². The van der Waals surface area contributed by atoms with Gasteiger partial charge in [-0.3, -0.25) is 4.79 Å². The zero-order valence-electron chi connectivity index (χ0n) is 9.58. The van der Waals surface area contributed by atoms with Gasteiger partial charge < -0.3 is 15.7 Å². The molecular weight excluding hydrogens is 212 g/mol. The van der Waals surface area contributed by atoms with Crippen molar-refractivity contribution >= 4 is 17.8 Å². The number of Topliss-reactive ketones (excluding diaryl/α,β-unsaturated/α-hetero) is 1. The predicted octanol–water partition coefficient (Wildman–Crippen LogP) is 0.518. The number of carboxylic acid groups (broad SMARTS) is 1. The minimum atomic E-state index is -1.20. The lowest BCUT2D eigenvalue weighted by molar-refractivity contribution is -0.141. The van der Waals surface area contributed by atoms with Gasteiger partial charge in [-0.05, 0) is 6.42 Å². The molecule has 0 fully saturated rings. The van der Waals surface area contributed by atoms with Crippen molar-refractivity contribution in [1.82, 2.24) is 10.6 Å². The summed E-state index contributed by atoms with van der Waals surface area (Å²) in [7, 11) is 1.38. The van der Waals surface area contributed by atoms with Crippen LogP contribution in [0.5, 0.6) is 0 Å². The molecule has 0 bridgehead atoms. The highest BCUT2D eigenvalue weighted by molar-refractivity contribution is 5.88. The highest BCUT2D eigenvalue weighted by Crippen LogP contribution is 2.02. The number of hydrogen-bond acceptors (Lipinski definition) is 3. The molecule has 0 aromatic carbocycles. The molecular formula is C10H18N2O4. The fourth-order valence-corrected chi connectivity index (χ4v) is 1.13. The summed E-state index contributed by atoms with van der Waals surface area (Å²) < 4.78 is 0. The lowest BCUT2D eigenvalue weighted by Crippen LogP contribution is -2.45. The van der Waals surface area contributed by atoms with Crippen LogP contribution in [0, 0.1) is 0 Å². The maximum atomic E-state index is 11.4. The minimum absolute atomic E-state index is 0.148. The highest BCUT2D eigenvalue weighted by Gasteiger charge is 2.22. The molecule has 0 aliphatic heterocycles. The van der Waals surface area contributed by atoms with Crippen molar-refractivity contribution in [2.45, 2.75) is 38.6 Å². The lowest BCUT2D eigenvalue weighted by atomic mass is 10.1. The van der Waals surface area contributed by atoms with E-state index >= 15 is 0 Å². The van der Waals surface area contributed by atoms with E-state index in [-0.39, 0.29) is 12.2 Å². The first-order valence-electron chi connectivity index (χ1n) is 5.24. The summed E-state index contributed by atoms with van der Waals surface area (Å²) in [5, 5.41) is 13.2.